The number of rotatable bonds is 9. The standard InChI is InChI=1S/C33H40N2O4/c1-6-23(2)30(34-31(36)39-33(3,4)5)21-35(20-24-14-8-7-9-15-24)32(37)38-22-29-27-18-12-10-16-25(27)26-17-11-13-19-28(26)29/h7-19,23,29-30H,6,20-22H2,1-5H3,(H,34,36)/t23-,30+/m0/s1. The first-order valence-electron chi connectivity index (χ1n) is 13.8. The van der Waals surface area contributed by atoms with Crippen LogP contribution in [0.5, 0.6) is 0 Å². The fourth-order valence-corrected chi connectivity index (χ4v) is 5.04. The average Bonchev–Trinajstić information content (AvgIpc) is 3.23. The SMILES string of the molecule is CC[C@H](C)[C@@H](CN(Cc1ccccc1)C(=O)OCC1c2ccccc2-c2ccccc21)NC(=O)OC(C)(C)C. The summed E-state index contributed by atoms with van der Waals surface area (Å²) in [5.74, 6) is 0.0994. The van der Waals surface area contributed by atoms with Crippen molar-refractivity contribution < 1.29 is 19.1 Å². The molecule has 1 aliphatic rings. The topological polar surface area (TPSA) is 67.9 Å². The molecule has 39 heavy (non-hydrogen) atoms. The quantitative estimate of drug-likeness (QED) is 0.315. The van der Waals surface area contributed by atoms with Crippen LogP contribution in [0.1, 0.15) is 63.6 Å². The van der Waals surface area contributed by atoms with Gasteiger partial charge in [-0.2, -0.15) is 0 Å². The van der Waals surface area contributed by atoms with Crippen molar-refractivity contribution in [2.45, 2.75) is 65.1 Å². The van der Waals surface area contributed by atoms with E-state index in [-0.39, 0.29) is 24.5 Å². The second kappa shape index (κ2) is 12.4. The molecule has 0 heterocycles. The van der Waals surface area contributed by atoms with Crippen molar-refractivity contribution in [3.63, 3.8) is 0 Å². The Bertz CT molecular complexity index is 1220. The van der Waals surface area contributed by atoms with Crippen molar-refractivity contribution in [1.29, 1.82) is 0 Å². The summed E-state index contributed by atoms with van der Waals surface area (Å²) in [6.07, 6.45) is -0.0513. The third-order valence-corrected chi connectivity index (χ3v) is 7.26. The minimum absolute atomic E-state index is 0.0230. The minimum Gasteiger partial charge on any atom is -0.448 e. The van der Waals surface area contributed by atoms with Crippen LogP contribution in [0.15, 0.2) is 78.9 Å². The van der Waals surface area contributed by atoms with Crippen molar-refractivity contribution in [2.75, 3.05) is 13.2 Å². The third kappa shape index (κ3) is 7.20. The lowest BCUT2D eigenvalue weighted by Gasteiger charge is -2.32. The van der Waals surface area contributed by atoms with Gasteiger partial charge in [-0.1, -0.05) is 99.1 Å². The van der Waals surface area contributed by atoms with Gasteiger partial charge in [0.05, 0.1) is 6.04 Å². The first-order valence-corrected chi connectivity index (χ1v) is 13.8. The van der Waals surface area contributed by atoms with Gasteiger partial charge in [0.1, 0.15) is 12.2 Å². The zero-order valence-electron chi connectivity index (χ0n) is 23.6. The van der Waals surface area contributed by atoms with Crippen LogP contribution in [0.4, 0.5) is 9.59 Å². The number of hydrogen-bond acceptors (Lipinski definition) is 4. The molecular weight excluding hydrogens is 488 g/mol. The number of alkyl carbamates (subject to hydrolysis) is 1. The van der Waals surface area contributed by atoms with E-state index in [0.717, 1.165) is 12.0 Å². The highest BCUT2D eigenvalue weighted by atomic mass is 16.6. The van der Waals surface area contributed by atoms with Crippen LogP contribution in [0.2, 0.25) is 0 Å². The molecule has 3 aromatic rings. The highest BCUT2D eigenvalue weighted by Gasteiger charge is 2.31. The van der Waals surface area contributed by atoms with Crippen LogP contribution < -0.4 is 5.32 Å². The molecule has 0 aromatic heterocycles. The highest BCUT2D eigenvalue weighted by molar-refractivity contribution is 5.79. The summed E-state index contributed by atoms with van der Waals surface area (Å²) in [7, 11) is 0. The zero-order chi connectivity index (χ0) is 28.0. The van der Waals surface area contributed by atoms with E-state index in [1.165, 1.54) is 22.3 Å². The number of amides is 2. The number of ether oxygens (including phenoxy) is 2. The summed E-state index contributed by atoms with van der Waals surface area (Å²) in [5.41, 5.74) is 5.10. The molecule has 2 atom stereocenters. The Balaban J connectivity index is 1.53. The molecule has 2 amide bonds. The van der Waals surface area contributed by atoms with Gasteiger partial charge in [-0.25, -0.2) is 9.59 Å². The van der Waals surface area contributed by atoms with E-state index < -0.39 is 17.8 Å². The maximum absolute atomic E-state index is 13.6. The van der Waals surface area contributed by atoms with E-state index >= 15 is 0 Å². The van der Waals surface area contributed by atoms with Crippen molar-refractivity contribution in [2.24, 2.45) is 5.92 Å². The molecule has 1 aliphatic carbocycles. The smallest absolute Gasteiger partial charge is 0.410 e. The lowest BCUT2D eigenvalue weighted by atomic mass is 9.98. The Morgan fingerprint density at radius 2 is 1.46 bits per heavy atom. The molecule has 0 saturated carbocycles. The second-order valence-electron chi connectivity index (χ2n) is 11.3. The summed E-state index contributed by atoms with van der Waals surface area (Å²) in [5, 5.41) is 3.01. The molecule has 0 bridgehead atoms. The number of nitrogens with zero attached hydrogens (tertiary/aromatic N) is 1. The van der Waals surface area contributed by atoms with E-state index in [1.54, 1.807) is 4.90 Å². The summed E-state index contributed by atoms with van der Waals surface area (Å²) < 4.78 is 11.5. The highest BCUT2D eigenvalue weighted by Crippen LogP contribution is 2.44. The number of carbonyl (C=O) groups excluding carboxylic acids is 2. The first kappa shape index (κ1) is 28.2. The Morgan fingerprint density at radius 3 is 2.03 bits per heavy atom. The van der Waals surface area contributed by atoms with Gasteiger partial charge in [0.15, 0.2) is 0 Å². The summed E-state index contributed by atoms with van der Waals surface area (Å²) in [6.45, 7) is 10.6. The van der Waals surface area contributed by atoms with E-state index in [4.69, 9.17) is 9.47 Å². The van der Waals surface area contributed by atoms with Gasteiger partial charge in [-0.15, -0.1) is 0 Å². The lowest BCUT2D eigenvalue weighted by molar-refractivity contribution is 0.0453. The molecule has 0 unspecified atom stereocenters. The predicted molar refractivity (Wildman–Crippen MR) is 155 cm³/mol. The van der Waals surface area contributed by atoms with Crippen molar-refractivity contribution in [1.82, 2.24) is 10.2 Å². The Hall–Kier alpha value is -3.80. The molecule has 0 saturated heterocycles. The molecule has 0 aliphatic heterocycles. The van der Waals surface area contributed by atoms with E-state index in [2.05, 4.69) is 43.4 Å². The molecule has 4 rings (SSSR count). The summed E-state index contributed by atoms with van der Waals surface area (Å²) in [6, 6.07) is 26.1. The van der Waals surface area contributed by atoms with E-state index in [9.17, 15) is 9.59 Å². The Labute approximate surface area is 232 Å². The van der Waals surface area contributed by atoms with Crippen molar-refractivity contribution in [3.8, 4) is 11.1 Å². The summed E-state index contributed by atoms with van der Waals surface area (Å²) >= 11 is 0. The van der Waals surface area contributed by atoms with Gasteiger partial charge in [0, 0.05) is 19.0 Å². The number of fused-ring (bicyclic) bond motifs is 3. The van der Waals surface area contributed by atoms with Gasteiger partial charge < -0.3 is 19.7 Å². The maximum atomic E-state index is 13.6. The Kier molecular flexibility index (Phi) is 8.95. The van der Waals surface area contributed by atoms with Crippen LogP contribution in [0.3, 0.4) is 0 Å². The molecule has 6 heteroatoms. The number of carbonyl (C=O) groups is 2. The average molecular weight is 529 g/mol. The first-order chi connectivity index (χ1) is 18.7. The fraction of sp³-hybridized carbons (Fsp3) is 0.394. The molecule has 6 nitrogen and oxygen atoms in total. The lowest BCUT2D eigenvalue weighted by Crippen LogP contribution is -2.50. The Morgan fingerprint density at radius 1 is 0.897 bits per heavy atom. The van der Waals surface area contributed by atoms with Crippen LogP contribution in [-0.2, 0) is 16.0 Å². The molecule has 1 N–H and O–H groups in total. The molecule has 0 spiro atoms. The van der Waals surface area contributed by atoms with E-state index in [0.29, 0.717) is 13.1 Å². The number of hydrogen-bond donors (Lipinski definition) is 1. The number of benzene rings is 3. The second-order valence-corrected chi connectivity index (χ2v) is 11.3. The van der Waals surface area contributed by atoms with Gasteiger partial charge in [-0.3, -0.25) is 0 Å². The maximum Gasteiger partial charge on any atom is 0.410 e. The van der Waals surface area contributed by atoms with Gasteiger partial charge in [-0.05, 0) is 54.5 Å². The summed E-state index contributed by atoms with van der Waals surface area (Å²) in [4.78, 5) is 28.0. The largest absolute Gasteiger partial charge is 0.448 e. The van der Waals surface area contributed by atoms with Crippen molar-refractivity contribution >= 4 is 12.2 Å². The van der Waals surface area contributed by atoms with Crippen LogP contribution in [-0.4, -0.2) is 41.9 Å². The molecule has 3 aromatic carbocycles. The zero-order valence-corrected chi connectivity index (χ0v) is 23.6. The number of nitrogens with one attached hydrogen (secondary N) is 1. The molecule has 206 valence electrons. The fourth-order valence-electron chi connectivity index (χ4n) is 5.04. The monoisotopic (exact) mass is 528 g/mol. The molecular formula is C33H40N2O4. The third-order valence-electron chi connectivity index (χ3n) is 7.26. The van der Waals surface area contributed by atoms with E-state index in [1.807, 2.05) is 75.4 Å². The molecule has 0 fully saturated rings. The van der Waals surface area contributed by atoms with Crippen LogP contribution >= 0.6 is 0 Å². The van der Waals surface area contributed by atoms with Gasteiger partial charge in [0.25, 0.3) is 0 Å². The van der Waals surface area contributed by atoms with Gasteiger partial charge >= 0.3 is 12.2 Å². The predicted octanol–water partition coefficient (Wildman–Crippen LogP) is 7.38. The van der Waals surface area contributed by atoms with Crippen LogP contribution in [0.25, 0.3) is 11.1 Å². The molecule has 0 radical (unpaired) electrons. The van der Waals surface area contributed by atoms with Gasteiger partial charge in [0.2, 0.25) is 0 Å². The van der Waals surface area contributed by atoms with Crippen molar-refractivity contribution in [3.05, 3.63) is 95.6 Å². The minimum atomic E-state index is -0.611. The van der Waals surface area contributed by atoms with Crippen LogP contribution in [0, 0.1) is 5.92 Å². The normalized spacial score (nSPS) is 14.1.